The number of nitrogens with one attached hydrogen (secondary N) is 1. The fraction of sp³-hybridized carbons (Fsp3) is 0.0588. The summed E-state index contributed by atoms with van der Waals surface area (Å²) in [4.78, 5) is 16.3. The predicted octanol–water partition coefficient (Wildman–Crippen LogP) is 4.36. The molecule has 8 heteroatoms. The number of H-pyrrole nitrogens is 1. The summed E-state index contributed by atoms with van der Waals surface area (Å²) in [5.41, 5.74) is -2.22. The lowest BCUT2D eigenvalue weighted by Crippen LogP contribution is -2.19. The van der Waals surface area contributed by atoms with Crippen LogP contribution in [0.2, 0.25) is 0 Å². The Bertz CT molecular complexity index is 987. The number of benzene rings is 1. The molecule has 2 aromatic heterocycles. The topological polar surface area (TPSA) is 58.9 Å². The molecule has 0 aliphatic rings. The molecule has 0 amide bonds. The number of nitrogens with zero attached hydrogens (tertiary/aromatic N) is 1. The van der Waals surface area contributed by atoms with Crippen LogP contribution in [0.15, 0.2) is 51.7 Å². The van der Waals surface area contributed by atoms with Crippen LogP contribution in [0.1, 0.15) is 17.1 Å². The number of halogens is 4. The Balaban J connectivity index is 1.88. The summed E-state index contributed by atoms with van der Waals surface area (Å²) in [7, 11) is 0. The summed E-state index contributed by atoms with van der Waals surface area (Å²) in [6.45, 7) is 0. The first kappa shape index (κ1) is 16.7. The molecule has 0 fully saturated rings. The number of aromatic amines is 1. The third kappa shape index (κ3) is 3.85. The van der Waals surface area contributed by atoms with Gasteiger partial charge in [-0.1, -0.05) is 12.1 Å². The van der Waals surface area contributed by atoms with Gasteiger partial charge in [-0.2, -0.15) is 18.2 Å². The maximum atomic E-state index is 13.7. The zero-order chi connectivity index (χ0) is 18.0. The van der Waals surface area contributed by atoms with Crippen molar-refractivity contribution in [3.8, 4) is 11.3 Å². The van der Waals surface area contributed by atoms with Gasteiger partial charge in [0.25, 0.3) is 0 Å². The number of hydrogen-bond acceptors (Lipinski definition) is 3. The van der Waals surface area contributed by atoms with E-state index in [4.69, 9.17) is 4.42 Å². The van der Waals surface area contributed by atoms with Gasteiger partial charge in [0.15, 0.2) is 5.69 Å². The van der Waals surface area contributed by atoms with Gasteiger partial charge in [0.1, 0.15) is 17.3 Å². The van der Waals surface area contributed by atoms with Crippen molar-refractivity contribution < 1.29 is 22.0 Å². The smallest absolute Gasteiger partial charge is 0.433 e. The largest absolute Gasteiger partial charge is 0.457 e. The lowest BCUT2D eigenvalue weighted by molar-refractivity contribution is -0.141. The fourth-order valence-electron chi connectivity index (χ4n) is 2.13. The molecule has 0 aliphatic heterocycles. The molecule has 0 unspecified atom stereocenters. The second kappa shape index (κ2) is 6.39. The number of furan rings is 1. The molecule has 3 rings (SSSR count). The Morgan fingerprint density at radius 2 is 1.84 bits per heavy atom. The van der Waals surface area contributed by atoms with Crippen molar-refractivity contribution >= 4 is 12.2 Å². The van der Waals surface area contributed by atoms with Crippen LogP contribution in [0.3, 0.4) is 0 Å². The van der Waals surface area contributed by atoms with Crippen LogP contribution >= 0.6 is 0 Å². The molecule has 128 valence electrons. The van der Waals surface area contributed by atoms with Crippen molar-refractivity contribution in [1.29, 1.82) is 0 Å². The molecule has 0 saturated heterocycles. The van der Waals surface area contributed by atoms with E-state index in [0.29, 0.717) is 6.07 Å². The number of alkyl halides is 3. The van der Waals surface area contributed by atoms with Gasteiger partial charge >= 0.3 is 11.9 Å². The van der Waals surface area contributed by atoms with E-state index in [2.05, 4.69) is 9.97 Å². The molecule has 3 aromatic rings. The molecule has 1 aromatic carbocycles. The quantitative estimate of drug-likeness (QED) is 0.714. The van der Waals surface area contributed by atoms with E-state index in [1.807, 2.05) is 0 Å². The van der Waals surface area contributed by atoms with Crippen molar-refractivity contribution in [2.24, 2.45) is 0 Å². The van der Waals surface area contributed by atoms with Gasteiger partial charge < -0.3 is 9.40 Å². The molecule has 0 spiro atoms. The summed E-state index contributed by atoms with van der Waals surface area (Å²) in [5.74, 6) is 0.0992. The van der Waals surface area contributed by atoms with Crippen molar-refractivity contribution in [3.05, 3.63) is 75.9 Å². The Morgan fingerprint density at radius 3 is 2.56 bits per heavy atom. The Hall–Kier alpha value is -3.16. The van der Waals surface area contributed by atoms with Crippen molar-refractivity contribution in [2.75, 3.05) is 0 Å². The van der Waals surface area contributed by atoms with Crippen LogP contribution in [-0.2, 0) is 6.18 Å². The number of aromatic nitrogens is 2. The zero-order valence-corrected chi connectivity index (χ0v) is 12.5. The minimum atomic E-state index is -4.72. The average Bonchev–Trinajstić information content (AvgIpc) is 3.01. The summed E-state index contributed by atoms with van der Waals surface area (Å²) in [6.07, 6.45) is -2.13. The molecular weight excluding hydrogens is 340 g/mol. The predicted molar refractivity (Wildman–Crippen MR) is 82.9 cm³/mol. The SMILES string of the molecule is O=c1nc(C(F)(F)F)cc(C=Cc2ccc(-c3ccccc3F)o2)[nH]1. The molecule has 0 aliphatic carbocycles. The Labute approximate surface area is 138 Å². The minimum absolute atomic E-state index is 0.0869. The van der Waals surface area contributed by atoms with Crippen LogP contribution in [0.5, 0.6) is 0 Å². The second-order valence-electron chi connectivity index (χ2n) is 5.04. The maximum absolute atomic E-state index is 13.7. The van der Waals surface area contributed by atoms with Crippen LogP contribution in [0.4, 0.5) is 17.6 Å². The van der Waals surface area contributed by atoms with Crippen LogP contribution < -0.4 is 5.69 Å². The first-order valence-corrected chi connectivity index (χ1v) is 7.04. The highest BCUT2D eigenvalue weighted by molar-refractivity contribution is 5.68. The number of hydrogen-bond donors (Lipinski definition) is 1. The first-order valence-electron chi connectivity index (χ1n) is 7.04. The molecule has 0 atom stereocenters. The Kier molecular flexibility index (Phi) is 4.26. The highest BCUT2D eigenvalue weighted by Gasteiger charge is 2.33. The monoisotopic (exact) mass is 350 g/mol. The third-order valence-corrected chi connectivity index (χ3v) is 3.25. The van der Waals surface area contributed by atoms with Crippen LogP contribution in [0.25, 0.3) is 23.5 Å². The highest BCUT2D eigenvalue weighted by Crippen LogP contribution is 2.28. The van der Waals surface area contributed by atoms with Gasteiger partial charge in [-0.25, -0.2) is 9.18 Å². The summed E-state index contributed by atoms with van der Waals surface area (Å²) >= 11 is 0. The number of rotatable bonds is 3. The highest BCUT2D eigenvalue weighted by atomic mass is 19.4. The maximum Gasteiger partial charge on any atom is 0.433 e. The summed E-state index contributed by atoms with van der Waals surface area (Å²) < 4.78 is 57.1. The normalized spacial score (nSPS) is 12.0. The van der Waals surface area contributed by atoms with E-state index < -0.39 is 23.4 Å². The van der Waals surface area contributed by atoms with E-state index in [9.17, 15) is 22.4 Å². The first-order chi connectivity index (χ1) is 11.8. The lowest BCUT2D eigenvalue weighted by atomic mass is 10.1. The standard InChI is InChI=1S/C17H10F4N2O2/c18-13-4-2-1-3-12(13)14-8-7-11(25-14)6-5-10-9-15(17(19,20)21)23-16(24)22-10/h1-9H,(H,22,23,24). The van der Waals surface area contributed by atoms with E-state index in [1.165, 1.54) is 36.4 Å². The fourth-order valence-corrected chi connectivity index (χ4v) is 2.13. The van der Waals surface area contributed by atoms with Gasteiger partial charge in [0.2, 0.25) is 0 Å². The van der Waals surface area contributed by atoms with Gasteiger partial charge in [-0.3, -0.25) is 0 Å². The Morgan fingerprint density at radius 1 is 1.08 bits per heavy atom. The van der Waals surface area contributed by atoms with Gasteiger partial charge in [0, 0.05) is 5.69 Å². The third-order valence-electron chi connectivity index (χ3n) is 3.25. The molecule has 0 bridgehead atoms. The molecule has 4 nitrogen and oxygen atoms in total. The van der Waals surface area contributed by atoms with Crippen LogP contribution in [-0.4, -0.2) is 9.97 Å². The minimum Gasteiger partial charge on any atom is -0.457 e. The van der Waals surface area contributed by atoms with Crippen molar-refractivity contribution in [1.82, 2.24) is 9.97 Å². The second-order valence-corrected chi connectivity index (χ2v) is 5.04. The van der Waals surface area contributed by atoms with Gasteiger partial charge in [-0.05, 0) is 42.5 Å². The zero-order valence-electron chi connectivity index (χ0n) is 12.5. The molecule has 0 saturated carbocycles. The van der Waals surface area contributed by atoms with E-state index in [1.54, 1.807) is 12.1 Å². The molecule has 25 heavy (non-hydrogen) atoms. The molecule has 2 heterocycles. The average molecular weight is 350 g/mol. The van der Waals surface area contributed by atoms with Crippen molar-refractivity contribution in [2.45, 2.75) is 6.18 Å². The van der Waals surface area contributed by atoms with Crippen molar-refractivity contribution in [3.63, 3.8) is 0 Å². The summed E-state index contributed by atoms with van der Waals surface area (Å²) in [5, 5.41) is 0. The van der Waals surface area contributed by atoms with Gasteiger partial charge in [-0.15, -0.1) is 0 Å². The van der Waals surface area contributed by atoms with Gasteiger partial charge in [0.05, 0.1) is 5.56 Å². The van der Waals surface area contributed by atoms with E-state index in [0.717, 1.165) is 0 Å². The molecular formula is C17H10F4N2O2. The van der Waals surface area contributed by atoms with E-state index in [-0.39, 0.29) is 22.8 Å². The van der Waals surface area contributed by atoms with Crippen LogP contribution in [0, 0.1) is 5.82 Å². The summed E-state index contributed by atoms with van der Waals surface area (Å²) in [6, 6.07) is 9.79. The van der Waals surface area contributed by atoms with E-state index >= 15 is 0 Å². The molecule has 0 radical (unpaired) electrons. The lowest BCUT2D eigenvalue weighted by Gasteiger charge is -2.04. The molecule has 1 N–H and O–H groups in total.